The van der Waals surface area contributed by atoms with Gasteiger partial charge in [-0.15, -0.1) is 11.3 Å². The number of thiazole rings is 2. The summed E-state index contributed by atoms with van der Waals surface area (Å²) in [5.74, 6) is 0.351. The van der Waals surface area contributed by atoms with E-state index >= 15 is 0 Å². The van der Waals surface area contributed by atoms with Crippen LogP contribution in [0.2, 0.25) is 0 Å². The molecule has 0 radical (unpaired) electrons. The summed E-state index contributed by atoms with van der Waals surface area (Å²) < 4.78 is 6.43. The van der Waals surface area contributed by atoms with Crippen molar-refractivity contribution in [1.82, 2.24) is 9.97 Å². The number of methoxy groups -OCH3 is 1. The number of anilines is 2. The molecule has 10 nitrogen and oxygen atoms in total. The molecule has 4 aromatic rings. The first-order chi connectivity index (χ1) is 16.4. The van der Waals surface area contributed by atoms with Gasteiger partial charge in [-0.25, -0.2) is 9.97 Å². The van der Waals surface area contributed by atoms with E-state index in [0.29, 0.717) is 36.8 Å². The summed E-state index contributed by atoms with van der Waals surface area (Å²) in [7, 11) is 1.56. The van der Waals surface area contributed by atoms with Gasteiger partial charge in [0.15, 0.2) is 9.47 Å². The number of nitro benzene ring substituents is 1. The largest absolute Gasteiger partial charge is 0.497 e. The number of carbonyl (C=O) groups is 2. The number of nitro groups is 1. The fourth-order valence-corrected chi connectivity index (χ4v) is 5.43. The number of hydrogen-bond acceptors (Lipinski definition) is 10. The maximum atomic E-state index is 12.4. The molecular formula is C21H17N5O5S3. The first kappa shape index (κ1) is 23.6. The molecule has 2 amide bonds. The molecule has 13 heteroatoms. The third kappa shape index (κ3) is 6.07. The molecule has 174 valence electrons. The highest BCUT2D eigenvalue weighted by molar-refractivity contribution is 8.01. The molecule has 4 rings (SSSR count). The van der Waals surface area contributed by atoms with Crippen LogP contribution in [0.4, 0.5) is 16.5 Å². The number of nitrogens with zero attached hydrogens (tertiary/aromatic N) is 3. The van der Waals surface area contributed by atoms with Gasteiger partial charge in [0.25, 0.3) is 5.69 Å². The number of thioether (sulfide) groups is 1. The van der Waals surface area contributed by atoms with Gasteiger partial charge in [-0.3, -0.25) is 19.7 Å². The minimum absolute atomic E-state index is 0.0290. The molecule has 2 heterocycles. The number of fused-ring (bicyclic) bond motifs is 1. The third-order valence-electron chi connectivity index (χ3n) is 4.38. The standard InChI is InChI=1S/C21H17N5O5S3/c1-31-15-4-2-3-12(7-15)22-19(28)11-33-21-23-13(10-32-21)8-18(27)25-20-24-16-6-5-14(26(29)30)9-17(16)34-20/h2-7,9-10H,8,11H2,1H3,(H,22,28)(H,24,25,27). The van der Waals surface area contributed by atoms with Crippen molar-refractivity contribution in [2.24, 2.45) is 0 Å². The zero-order chi connectivity index (χ0) is 24.1. The molecule has 2 aromatic carbocycles. The number of non-ortho nitro benzene ring substituents is 1. The van der Waals surface area contributed by atoms with Crippen molar-refractivity contribution in [1.29, 1.82) is 0 Å². The van der Waals surface area contributed by atoms with Crippen LogP contribution < -0.4 is 15.4 Å². The van der Waals surface area contributed by atoms with Gasteiger partial charge in [0, 0.05) is 29.3 Å². The lowest BCUT2D eigenvalue weighted by Crippen LogP contribution is -2.14. The van der Waals surface area contributed by atoms with Crippen LogP contribution in [0.1, 0.15) is 5.69 Å². The summed E-state index contributed by atoms with van der Waals surface area (Å²) in [6.07, 6.45) is 0.0448. The van der Waals surface area contributed by atoms with Crippen molar-refractivity contribution in [2.45, 2.75) is 10.8 Å². The smallest absolute Gasteiger partial charge is 0.270 e. The topological polar surface area (TPSA) is 136 Å². The van der Waals surface area contributed by atoms with Crippen LogP contribution in [0.15, 0.2) is 52.2 Å². The molecular weight excluding hydrogens is 498 g/mol. The number of aromatic nitrogens is 2. The molecule has 0 aliphatic heterocycles. The van der Waals surface area contributed by atoms with Gasteiger partial charge in [-0.2, -0.15) is 0 Å². The van der Waals surface area contributed by atoms with Gasteiger partial charge in [0.1, 0.15) is 5.75 Å². The Hall–Kier alpha value is -3.55. The maximum Gasteiger partial charge on any atom is 0.270 e. The van der Waals surface area contributed by atoms with E-state index in [1.54, 1.807) is 42.8 Å². The van der Waals surface area contributed by atoms with Crippen LogP contribution in [-0.4, -0.2) is 39.6 Å². The van der Waals surface area contributed by atoms with Crippen molar-refractivity contribution in [3.8, 4) is 5.75 Å². The average Bonchev–Trinajstić information content (AvgIpc) is 3.43. The van der Waals surface area contributed by atoms with Gasteiger partial charge in [-0.05, 0) is 18.2 Å². The van der Waals surface area contributed by atoms with E-state index in [1.807, 2.05) is 0 Å². The van der Waals surface area contributed by atoms with Crippen molar-refractivity contribution < 1.29 is 19.2 Å². The monoisotopic (exact) mass is 515 g/mol. The Balaban J connectivity index is 1.28. The van der Waals surface area contributed by atoms with E-state index in [4.69, 9.17) is 4.74 Å². The lowest BCUT2D eigenvalue weighted by Gasteiger charge is -2.06. The summed E-state index contributed by atoms with van der Waals surface area (Å²) in [5, 5.41) is 18.5. The molecule has 2 N–H and O–H groups in total. The first-order valence-electron chi connectivity index (χ1n) is 9.75. The lowest BCUT2D eigenvalue weighted by atomic mass is 10.3. The lowest BCUT2D eigenvalue weighted by molar-refractivity contribution is -0.384. The fraction of sp³-hybridized carbons (Fsp3) is 0.143. The zero-order valence-corrected chi connectivity index (χ0v) is 20.1. The molecule has 0 saturated carbocycles. The van der Waals surface area contributed by atoms with Crippen LogP contribution in [0.5, 0.6) is 5.75 Å². The highest BCUT2D eigenvalue weighted by Crippen LogP contribution is 2.29. The van der Waals surface area contributed by atoms with Crippen LogP contribution >= 0.6 is 34.4 Å². The minimum Gasteiger partial charge on any atom is -0.497 e. The van der Waals surface area contributed by atoms with Crippen LogP contribution in [0, 0.1) is 10.1 Å². The number of nitrogens with one attached hydrogen (secondary N) is 2. The summed E-state index contributed by atoms with van der Waals surface area (Å²) >= 11 is 3.80. The number of rotatable bonds is 9. The van der Waals surface area contributed by atoms with Gasteiger partial charge < -0.3 is 15.4 Å². The van der Waals surface area contributed by atoms with Crippen molar-refractivity contribution >= 4 is 73.0 Å². The van der Waals surface area contributed by atoms with E-state index in [9.17, 15) is 19.7 Å². The van der Waals surface area contributed by atoms with Crippen LogP contribution in [0.3, 0.4) is 0 Å². The maximum absolute atomic E-state index is 12.4. The quantitative estimate of drug-likeness (QED) is 0.188. The van der Waals surface area contributed by atoms with Crippen LogP contribution in [-0.2, 0) is 16.0 Å². The van der Waals surface area contributed by atoms with E-state index in [2.05, 4.69) is 20.6 Å². The first-order valence-corrected chi connectivity index (χ1v) is 12.4. The van der Waals surface area contributed by atoms with Gasteiger partial charge in [0.2, 0.25) is 11.8 Å². The summed E-state index contributed by atoms with van der Waals surface area (Å²) in [6.45, 7) is 0. The normalized spacial score (nSPS) is 10.7. The zero-order valence-electron chi connectivity index (χ0n) is 17.6. The number of hydrogen-bond donors (Lipinski definition) is 2. The molecule has 0 spiro atoms. The minimum atomic E-state index is -0.475. The fourth-order valence-electron chi connectivity index (χ4n) is 2.87. The van der Waals surface area contributed by atoms with E-state index < -0.39 is 4.92 Å². The van der Waals surface area contributed by atoms with Crippen molar-refractivity contribution in [3.05, 3.63) is 63.7 Å². The number of benzene rings is 2. The SMILES string of the molecule is COc1cccc(NC(=O)CSc2nc(CC(=O)Nc3nc4ccc([N+](=O)[O-])cc4s3)cs2)c1. The molecule has 0 saturated heterocycles. The van der Waals surface area contributed by atoms with E-state index in [0.717, 1.165) is 0 Å². The molecule has 2 aromatic heterocycles. The second kappa shape index (κ2) is 10.6. The van der Waals surface area contributed by atoms with Crippen molar-refractivity contribution in [3.63, 3.8) is 0 Å². The second-order valence-electron chi connectivity index (χ2n) is 6.83. The van der Waals surface area contributed by atoms with Crippen molar-refractivity contribution in [2.75, 3.05) is 23.5 Å². The molecule has 0 aliphatic rings. The molecule has 34 heavy (non-hydrogen) atoms. The highest BCUT2D eigenvalue weighted by Gasteiger charge is 2.14. The van der Waals surface area contributed by atoms with E-state index in [1.165, 1.54) is 46.6 Å². The Morgan fingerprint density at radius 1 is 1.15 bits per heavy atom. The predicted molar refractivity (Wildman–Crippen MR) is 133 cm³/mol. The van der Waals surface area contributed by atoms with Gasteiger partial charge in [-0.1, -0.05) is 29.2 Å². The summed E-state index contributed by atoms with van der Waals surface area (Å²) in [6, 6.07) is 11.4. The highest BCUT2D eigenvalue weighted by atomic mass is 32.2. The number of carbonyl (C=O) groups excluding carboxylic acids is 2. The molecule has 0 unspecified atom stereocenters. The van der Waals surface area contributed by atoms with Gasteiger partial charge >= 0.3 is 0 Å². The Morgan fingerprint density at radius 2 is 2.00 bits per heavy atom. The Kier molecular flexibility index (Phi) is 7.35. The summed E-state index contributed by atoms with van der Waals surface area (Å²) in [4.78, 5) is 43.7. The second-order valence-corrected chi connectivity index (χ2v) is 9.94. The molecule has 0 aliphatic carbocycles. The Labute approximate surface area is 205 Å². The van der Waals surface area contributed by atoms with Crippen LogP contribution in [0.25, 0.3) is 10.2 Å². The Morgan fingerprint density at radius 3 is 2.79 bits per heavy atom. The molecule has 0 atom stereocenters. The summed E-state index contributed by atoms with van der Waals surface area (Å²) in [5.41, 5.74) is 1.77. The van der Waals surface area contributed by atoms with E-state index in [-0.39, 0.29) is 29.7 Å². The van der Waals surface area contributed by atoms with Gasteiger partial charge in [0.05, 0.1) is 40.1 Å². The third-order valence-corrected chi connectivity index (χ3v) is 7.39. The predicted octanol–water partition coefficient (Wildman–Crippen LogP) is 4.58. The average molecular weight is 516 g/mol. The molecule has 0 bridgehead atoms. The number of amides is 2. The Bertz CT molecular complexity index is 1370. The molecule has 0 fully saturated rings. The number of ether oxygens (including phenoxy) is 1.